The molecule has 0 aliphatic carbocycles. The maximum absolute atomic E-state index is 12.2. The molecule has 0 aromatic heterocycles. The highest BCUT2D eigenvalue weighted by Gasteiger charge is 2.16. The number of amides is 1. The van der Waals surface area contributed by atoms with Crippen molar-refractivity contribution in [2.24, 2.45) is 0 Å². The van der Waals surface area contributed by atoms with E-state index in [9.17, 15) is 4.79 Å². The summed E-state index contributed by atoms with van der Waals surface area (Å²) in [5.74, 6) is 4.15. The van der Waals surface area contributed by atoms with Crippen LogP contribution in [0.1, 0.15) is 21.5 Å². The van der Waals surface area contributed by atoms with Gasteiger partial charge in [0.2, 0.25) is 0 Å². The molecular weight excluding hydrogens is 256 g/mol. The molecule has 0 radical (unpaired) electrons. The number of nitrogens with one attached hydrogen (secondary N) is 2. The normalized spacial score (nSPS) is 13.4. The molecular formula is C15H18N2OS. The molecule has 3 nitrogen and oxygen atoms in total. The molecule has 0 fully saturated rings. The number of thioether (sulfide) groups is 1. The molecule has 2 N–H and O–H groups in total. The fourth-order valence-corrected chi connectivity index (χ4v) is 2.72. The number of carbonyl (C=O) groups is 1. The van der Waals surface area contributed by atoms with E-state index in [1.807, 2.05) is 12.1 Å². The Balaban J connectivity index is 1.94. The lowest BCUT2D eigenvalue weighted by Crippen LogP contribution is -2.30. The monoisotopic (exact) mass is 274 g/mol. The third-order valence-electron chi connectivity index (χ3n) is 3.10. The van der Waals surface area contributed by atoms with E-state index in [-0.39, 0.29) is 5.91 Å². The van der Waals surface area contributed by atoms with Crippen molar-refractivity contribution >= 4 is 17.7 Å². The summed E-state index contributed by atoms with van der Waals surface area (Å²) in [6.07, 6.45) is 6.10. The lowest BCUT2D eigenvalue weighted by molar-refractivity contribution is 0.0955. The van der Waals surface area contributed by atoms with Crippen LogP contribution in [-0.2, 0) is 13.0 Å². The maximum Gasteiger partial charge on any atom is 0.251 e. The molecule has 0 atom stereocenters. The lowest BCUT2D eigenvalue weighted by Gasteiger charge is -2.19. The topological polar surface area (TPSA) is 41.1 Å². The molecule has 1 amide bonds. The van der Waals surface area contributed by atoms with Crippen LogP contribution in [0.3, 0.4) is 0 Å². The van der Waals surface area contributed by atoms with Gasteiger partial charge in [-0.3, -0.25) is 4.79 Å². The first-order chi connectivity index (χ1) is 9.33. The van der Waals surface area contributed by atoms with Crippen LogP contribution < -0.4 is 10.6 Å². The number of rotatable bonds is 5. The molecule has 0 unspecified atom stereocenters. The zero-order valence-corrected chi connectivity index (χ0v) is 11.7. The third kappa shape index (κ3) is 3.76. The van der Waals surface area contributed by atoms with Crippen LogP contribution in [0.5, 0.6) is 0 Å². The number of benzene rings is 1. The van der Waals surface area contributed by atoms with Gasteiger partial charge in [0.05, 0.1) is 5.75 Å². The van der Waals surface area contributed by atoms with Crippen LogP contribution in [0, 0.1) is 12.3 Å². The Kier molecular flexibility index (Phi) is 5.31. The molecule has 1 aromatic rings. The fourth-order valence-electron chi connectivity index (χ4n) is 2.21. The number of carbonyl (C=O) groups excluding carboxylic acids is 1. The molecule has 0 spiro atoms. The minimum atomic E-state index is 0.0278. The van der Waals surface area contributed by atoms with E-state index in [1.54, 1.807) is 11.8 Å². The van der Waals surface area contributed by atoms with Crippen molar-refractivity contribution < 1.29 is 4.79 Å². The Bertz CT molecular complexity index is 493. The number of fused-ring (bicyclic) bond motifs is 1. The van der Waals surface area contributed by atoms with Gasteiger partial charge in [-0.25, -0.2) is 0 Å². The molecule has 0 bridgehead atoms. The first kappa shape index (κ1) is 14.0. The average Bonchev–Trinajstić information content (AvgIpc) is 2.46. The van der Waals surface area contributed by atoms with Crippen molar-refractivity contribution in [2.45, 2.75) is 13.0 Å². The van der Waals surface area contributed by atoms with Crippen LogP contribution in [0.2, 0.25) is 0 Å². The molecule has 0 saturated carbocycles. The van der Waals surface area contributed by atoms with Gasteiger partial charge >= 0.3 is 0 Å². The largest absolute Gasteiger partial charge is 0.351 e. The van der Waals surface area contributed by atoms with E-state index in [0.717, 1.165) is 30.8 Å². The number of hydrogen-bond acceptors (Lipinski definition) is 3. The smallest absolute Gasteiger partial charge is 0.251 e. The predicted octanol–water partition coefficient (Wildman–Crippen LogP) is 1.43. The summed E-state index contributed by atoms with van der Waals surface area (Å²) in [7, 11) is 0. The van der Waals surface area contributed by atoms with Gasteiger partial charge in [0, 0.05) is 24.4 Å². The number of terminal acetylenes is 1. The summed E-state index contributed by atoms with van der Waals surface area (Å²) in [5, 5.41) is 6.28. The highest BCUT2D eigenvalue weighted by molar-refractivity contribution is 7.99. The van der Waals surface area contributed by atoms with Crippen molar-refractivity contribution in [1.82, 2.24) is 10.6 Å². The van der Waals surface area contributed by atoms with E-state index in [0.29, 0.717) is 12.3 Å². The third-order valence-corrected chi connectivity index (χ3v) is 3.97. The molecule has 1 heterocycles. The van der Waals surface area contributed by atoms with Gasteiger partial charge in [0.25, 0.3) is 5.91 Å². The summed E-state index contributed by atoms with van der Waals surface area (Å²) in [5.41, 5.74) is 3.25. The Morgan fingerprint density at radius 1 is 1.53 bits per heavy atom. The molecule has 1 aliphatic rings. The van der Waals surface area contributed by atoms with Gasteiger partial charge in [-0.2, -0.15) is 0 Å². The van der Waals surface area contributed by atoms with Crippen LogP contribution in [0.4, 0.5) is 0 Å². The van der Waals surface area contributed by atoms with E-state index >= 15 is 0 Å². The summed E-state index contributed by atoms with van der Waals surface area (Å²) < 4.78 is 0. The van der Waals surface area contributed by atoms with Crippen LogP contribution >= 0.6 is 11.8 Å². The van der Waals surface area contributed by atoms with Gasteiger partial charge in [-0.1, -0.05) is 18.1 Å². The average molecular weight is 274 g/mol. The molecule has 0 saturated heterocycles. The zero-order chi connectivity index (χ0) is 13.5. The standard InChI is InChI=1S/C15H18N2OS/c1-2-9-19-10-8-17-15(18)14-5-3-4-12-11-16-7-6-13(12)14/h1,3-5,16H,6-11H2,(H,17,18). The Morgan fingerprint density at radius 3 is 3.26 bits per heavy atom. The Labute approximate surface area is 118 Å². The van der Waals surface area contributed by atoms with Crippen molar-refractivity contribution in [3.05, 3.63) is 34.9 Å². The summed E-state index contributed by atoms with van der Waals surface area (Å²) >= 11 is 1.66. The van der Waals surface area contributed by atoms with Crippen LogP contribution in [-0.4, -0.2) is 30.5 Å². The van der Waals surface area contributed by atoms with E-state index < -0.39 is 0 Å². The quantitative estimate of drug-likeness (QED) is 0.630. The van der Waals surface area contributed by atoms with Gasteiger partial charge in [0.1, 0.15) is 0 Å². The summed E-state index contributed by atoms with van der Waals surface area (Å²) in [4.78, 5) is 12.2. The van der Waals surface area contributed by atoms with Gasteiger partial charge in [0.15, 0.2) is 0 Å². The second-order valence-electron chi connectivity index (χ2n) is 4.38. The molecule has 2 rings (SSSR count). The first-order valence-electron chi connectivity index (χ1n) is 6.44. The lowest BCUT2D eigenvalue weighted by atomic mass is 9.95. The second-order valence-corrected chi connectivity index (χ2v) is 5.49. The summed E-state index contributed by atoms with van der Waals surface area (Å²) in [6, 6.07) is 5.95. The maximum atomic E-state index is 12.2. The highest BCUT2D eigenvalue weighted by Crippen LogP contribution is 2.18. The number of hydrogen-bond donors (Lipinski definition) is 2. The van der Waals surface area contributed by atoms with Crippen molar-refractivity contribution in [2.75, 3.05) is 24.6 Å². The van der Waals surface area contributed by atoms with Crippen molar-refractivity contribution in [3.63, 3.8) is 0 Å². The van der Waals surface area contributed by atoms with Crippen molar-refractivity contribution in [3.8, 4) is 12.3 Å². The highest BCUT2D eigenvalue weighted by atomic mass is 32.2. The fraction of sp³-hybridized carbons (Fsp3) is 0.400. The predicted molar refractivity (Wildman–Crippen MR) is 80.3 cm³/mol. The molecule has 4 heteroatoms. The Morgan fingerprint density at radius 2 is 2.42 bits per heavy atom. The minimum absolute atomic E-state index is 0.0278. The minimum Gasteiger partial charge on any atom is -0.351 e. The molecule has 1 aromatic carbocycles. The van der Waals surface area contributed by atoms with E-state index in [2.05, 4.69) is 22.6 Å². The first-order valence-corrected chi connectivity index (χ1v) is 7.59. The molecule has 19 heavy (non-hydrogen) atoms. The summed E-state index contributed by atoms with van der Waals surface area (Å²) in [6.45, 7) is 2.46. The molecule has 100 valence electrons. The molecule has 1 aliphatic heterocycles. The second kappa shape index (κ2) is 7.22. The van der Waals surface area contributed by atoms with Gasteiger partial charge in [-0.15, -0.1) is 18.2 Å². The SMILES string of the molecule is C#CCSCCNC(=O)c1cccc2c1CCNC2. The Hall–Kier alpha value is -1.44. The van der Waals surface area contributed by atoms with Gasteiger partial charge < -0.3 is 10.6 Å². The van der Waals surface area contributed by atoms with Crippen LogP contribution in [0.15, 0.2) is 18.2 Å². The van der Waals surface area contributed by atoms with Crippen molar-refractivity contribution in [1.29, 1.82) is 0 Å². The van der Waals surface area contributed by atoms with E-state index in [1.165, 1.54) is 11.1 Å². The van der Waals surface area contributed by atoms with Crippen LogP contribution in [0.25, 0.3) is 0 Å². The van der Waals surface area contributed by atoms with Gasteiger partial charge in [-0.05, 0) is 30.2 Å². The van der Waals surface area contributed by atoms with E-state index in [4.69, 9.17) is 6.42 Å². The zero-order valence-electron chi connectivity index (χ0n) is 10.9.